The van der Waals surface area contributed by atoms with E-state index in [0.29, 0.717) is 0 Å². The standard InChI is InChI=1S/C13H17N3/c1-10-14-9-16(15-10)12-8-6-5-7-11(12)13(2,3)4/h5-9H,1-4H3. The molecule has 0 unspecified atom stereocenters. The molecule has 2 aromatic rings. The van der Waals surface area contributed by atoms with Crippen molar-refractivity contribution in [1.82, 2.24) is 14.8 Å². The van der Waals surface area contributed by atoms with Gasteiger partial charge in [-0.15, -0.1) is 0 Å². The van der Waals surface area contributed by atoms with Crippen LogP contribution >= 0.6 is 0 Å². The van der Waals surface area contributed by atoms with E-state index < -0.39 is 0 Å². The smallest absolute Gasteiger partial charge is 0.147 e. The predicted molar refractivity (Wildman–Crippen MR) is 64.8 cm³/mol. The summed E-state index contributed by atoms with van der Waals surface area (Å²) < 4.78 is 1.84. The van der Waals surface area contributed by atoms with Gasteiger partial charge in [0.1, 0.15) is 12.2 Å². The van der Waals surface area contributed by atoms with Crippen LogP contribution in [0.2, 0.25) is 0 Å². The summed E-state index contributed by atoms with van der Waals surface area (Å²) in [6.45, 7) is 8.51. The van der Waals surface area contributed by atoms with E-state index in [1.54, 1.807) is 6.33 Å². The zero-order valence-corrected chi connectivity index (χ0v) is 10.2. The number of aromatic nitrogens is 3. The summed E-state index contributed by atoms with van der Waals surface area (Å²) in [4.78, 5) is 4.17. The lowest BCUT2D eigenvalue weighted by Crippen LogP contribution is -2.15. The average molecular weight is 215 g/mol. The third-order valence-electron chi connectivity index (χ3n) is 2.57. The largest absolute Gasteiger partial charge is 0.220 e. The molecule has 1 heterocycles. The van der Waals surface area contributed by atoms with Gasteiger partial charge in [0.2, 0.25) is 0 Å². The van der Waals surface area contributed by atoms with Crippen molar-refractivity contribution in [2.24, 2.45) is 0 Å². The topological polar surface area (TPSA) is 30.7 Å². The second-order valence-corrected chi connectivity index (χ2v) is 5.00. The second kappa shape index (κ2) is 3.74. The first-order valence-corrected chi connectivity index (χ1v) is 5.46. The first-order chi connectivity index (χ1) is 7.48. The van der Waals surface area contributed by atoms with Crippen molar-refractivity contribution in [3.63, 3.8) is 0 Å². The molecule has 3 heteroatoms. The van der Waals surface area contributed by atoms with Gasteiger partial charge in [-0.25, -0.2) is 9.67 Å². The molecule has 1 aromatic heterocycles. The molecule has 0 N–H and O–H groups in total. The SMILES string of the molecule is Cc1ncn(-c2ccccc2C(C)(C)C)n1. The van der Waals surface area contributed by atoms with Gasteiger partial charge in [0.25, 0.3) is 0 Å². The van der Waals surface area contributed by atoms with Gasteiger partial charge >= 0.3 is 0 Å². The van der Waals surface area contributed by atoms with Crippen LogP contribution in [0.4, 0.5) is 0 Å². The van der Waals surface area contributed by atoms with E-state index in [1.165, 1.54) is 5.56 Å². The Morgan fingerprint density at radius 1 is 1.12 bits per heavy atom. The van der Waals surface area contributed by atoms with Gasteiger partial charge < -0.3 is 0 Å². The first kappa shape index (κ1) is 10.9. The summed E-state index contributed by atoms with van der Waals surface area (Å²) in [5.74, 6) is 0.795. The van der Waals surface area contributed by atoms with Crippen molar-refractivity contribution in [3.8, 4) is 5.69 Å². The van der Waals surface area contributed by atoms with Gasteiger partial charge in [-0.2, -0.15) is 5.10 Å². The van der Waals surface area contributed by atoms with Crippen molar-refractivity contribution >= 4 is 0 Å². The van der Waals surface area contributed by atoms with Crippen LogP contribution in [0.25, 0.3) is 5.69 Å². The molecule has 0 fully saturated rings. The van der Waals surface area contributed by atoms with E-state index >= 15 is 0 Å². The molecule has 0 radical (unpaired) electrons. The van der Waals surface area contributed by atoms with Gasteiger partial charge in [-0.3, -0.25) is 0 Å². The van der Waals surface area contributed by atoms with Crippen molar-refractivity contribution in [3.05, 3.63) is 42.0 Å². The van der Waals surface area contributed by atoms with E-state index in [2.05, 4.69) is 49.1 Å². The fraction of sp³-hybridized carbons (Fsp3) is 0.385. The van der Waals surface area contributed by atoms with E-state index in [0.717, 1.165) is 11.5 Å². The molecule has 0 saturated carbocycles. The summed E-state index contributed by atoms with van der Waals surface area (Å²) in [5, 5.41) is 4.36. The van der Waals surface area contributed by atoms with Crippen LogP contribution in [0.5, 0.6) is 0 Å². The van der Waals surface area contributed by atoms with Crippen LogP contribution in [0.3, 0.4) is 0 Å². The Labute approximate surface area is 96.1 Å². The molecular formula is C13H17N3. The number of hydrogen-bond acceptors (Lipinski definition) is 2. The highest BCUT2D eigenvalue weighted by Gasteiger charge is 2.18. The third-order valence-corrected chi connectivity index (χ3v) is 2.57. The molecule has 0 amide bonds. The van der Waals surface area contributed by atoms with Gasteiger partial charge in [-0.05, 0) is 24.0 Å². The zero-order chi connectivity index (χ0) is 11.8. The molecule has 0 saturated heterocycles. The molecule has 84 valence electrons. The number of nitrogens with zero attached hydrogens (tertiary/aromatic N) is 3. The normalized spacial score (nSPS) is 11.8. The molecular weight excluding hydrogens is 198 g/mol. The number of para-hydroxylation sites is 1. The van der Waals surface area contributed by atoms with Crippen molar-refractivity contribution < 1.29 is 0 Å². The first-order valence-electron chi connectivity index (χ1n) is 5.46. The van der Waals surface area contributed by atoms with E-state index in [-0.39, 0.29) is 5.41 Å². The highest BCUT2D eigenvalue weighted by molar-refractivity contribution is 5.43. The number of rotatable bonds is 1. The lowest BCUT2D eigenvalue weighted by atomic mass is 9.86. The lowest BCUT2D eigenvalue weighted by Gasteiger charge is -2.22. The molecule has 2 rings (SSSR count). The summed E-state index contributed by atoms with van der Waals surface area (Å²) in [6, 6.07) is 8.32. The van der Waals surface area contributed by atoms with Crippen LogP contribution in [-0.2, 0) is 5.41 Å². The van der Waals surface area contributed by atoms with E-state index in [4.69, 9.17) is 0 Å². The molecule has 16 heavy (non-hydrogen) atoms. The quantitative estimate of drug-likeness (QED) is 0.732. The fourth-order valence-electron chi connectivity index (χ4n) is 1.77. The minimum atomic E-state index is 0.108. The minimum absolute atomic E-state index is 0.108. The number of benzene rings is 1. The van der Waals surface area contributed by atoms with Crippen molar-refractivity contribution in [2.75, 3.05) is 0 Å². The Balaban J connectivity index is 2.57. The van der Waals surface area contributed by atoms with Crippen molar-refractivity contribution in [1.29, 1.82) is 0 Å². The lowest BCUT2D eigenvalue weighted by molar-refractivity contribution is 0.583. The van der Waals surface area contributed by atoms with E-state index in [1.807, 2.05) is 17.7 Å². The van der Waals surface area contributed by atoms with Crippen LogP contribution < -0.4 is 0 Å². The Hall–Kier alpha value is -1.64. The molecule has 3 nitrogen and oxygen atoms in total. The molecule has 0 aliphatic rings. The average Bonchev–Trinajstić information content (AvgIpc) is 2.64. The van der Waals surface area contributed by atoms with E-state index in [9.17, 15) is 0 Å². The van der Waals surface area contributed by atoms with Crippen LogP contribution in [0.1, 0.15) is 32.2 Å². The molecule has 0 spiro atoms. The number of hydrogen-bond donors (Lipinski definition) is 0. The maximum absolute atomic E-state index is 4.36. The van der Waals surface area contributed by atoms with Crippen LogP contribution in [0, 0.1) is 6.92 Å². The summed E-state index contributed by atoms with van der Waals surface area (Å²) in [6.07, 6.45) is 1.76. The summed E-state index contributed by atoms with van der Waals surface area (Å²) in [7, 11) is 0. The second-order valence-electron chi connectivity index (χ2n) is 5.00. The Morgan fingerprint density at radius 2 is 1.81 bits per heavy atom. The Morgan fingerprint density at radius 3 is 2.38 bits per heavy atom. The molecule has 0 bridgehead atoms. The third kappa shape index (κ3) is 1.98. The number of aryl methyl sites for hydroxylation is 1. The minimum Gasteiger partial charge on any atom is -0.220 e. The van der Waals surface area contributed by atoms with Crippen LogP contribution in [-0.4, -0.2) is 14.8 Å². The molecule has 0 atom stereocenters. The van der Waals surface area contributed by atoms with Gasteiger partial charge in [0, 0.05) is 0 Å². The molecule has 0 aliphatic carbocycles. The van der Waals surface area contributed by atoms with Crippen LogP contribution in [0.15, 0.2) is 30.6 Å². The van der Waals surface area contributed by atoms with Gasteiger partial charge in [0.05, 0.1) is 5.69 Å². The maximum atomic E-state index is 4.36. The van der Waals surface area contributed by atoms with Crippen molar-refractivity contribution in [2.45, 2.75) is 33.1 Å². The predicted octanol–water partition coefficient (Wildman–Crippen LogP) is 2.87. The maximum Gasteiger partial charge on any atom is 0.147 e. The Bertz CT molecular complexity index is 492. The van der Waals surface area contributed by atoms with Gasteiger partial charge in [0.15, 0.2) is 0 Å². The summed E-state index contributed by atoms with van der Waals surface area (Å²) >= 11 is 0. The molecule has 0 aliphatic heterocycles. The zero-order valence-electron chi connectivity index (χ0n) is 10.2. The molecule has 1 aromatic carbocycles. The Kier molecular flexibility index (Phi) is 2.54. The van der Waals surface area contributed by atoms with Gasteiger partial charge in [-0.1, -0.05) is 39.0 Å². The summed E-state index contributed by atoms with van der Waals surface area (Å²) in [5.41, 5.74) is 2.49. The highest BCUT2D eigenvalue weighted by Crippen LogP contribution is 2.27. The highest BCUT2D eigenvalue weighted by atomic mass is 15.3. The monoisotopic (exact) mass is 215 g/mol. The fourth-order valence-corrected chi connectivity index (χ4v) is 1.77.